The minimum atomic E-state index is -0.367. The summed E-state index contributed by atoms with van der Waals surface area (Å²) in [5.41, 5.74) is 1.19. The molecule has 0 spiro atoms. The molecule has 0 aliphatic carbocycles. The number of para-hydroxylation sites is 1. The molecule has 0 saturated carbocycles. The van der Waals surface area contributed by atoms with E-state index in [0.717, 1.165) is 39.1 Å². The van der Waals surface area contributed by atoms with Crippen LogP contribution in [-0.2, 0) is 0 Å². The van der Waals surface area contributed by atoms with Crippen molar-refractivity contribution >= 4 is 11.6 Å². The van der Waals surface area contributed by atoms with E-state index in [4.69, 9.17) is 0 Å². The van der Waals surface area contributed by atoms with Crippen LogP contribution in [0.15, 0.2) is 41.3 Å². The first-order chi connectivity index (χ1) is 12.1. The molecule has 1 aromatic carbocycles. The lowest BCUT2D eigenvalue weighted by Crippen LogP contribution is -2.47. The second-order valence-electron chi connectivity index (χ2n) is 6.48. The molecule has 2 aromatic rings. The van der Waals surface area contributed by atoms with Gasteiger partial charge in [0.2, 0.25) is 0 Å². The van der Waals surface area contributed by atoms with Crippen molar-refractivity contribution in [2.75, 3.05) is 37.6 Å². The van der Waals surface area contributed by atoms with Crippen molar-refractivity contribution < 1.29 is 4.79 Å². The van der Waals surface area contributed by atoms with Crippen LogP contribution in [-0.4, -0.2) is 59.5 Å². The van der Waals surface area contributed by atoms with Crippen molar-refractivity contribution in [3.8, 4) is 0 Å². The molecule has 2 heterocycles. The molecule has 1 unspecified atom stereocenters. The number of imidazole rings is 1. The first-order valence-electron chi connectivity index (χ1n) is 8.73. The van der Waals surface area contributed by atoms with E-state index in [1.54, 1.807) is 0 Å². The summed E-state index contributed by atoms with van der Waals surface area (Å²) < 4.78 is 0. The predicted molar refractivity (Wildman–Crippen MR) is 98.1 cm³/mol. The number of carbonyl (C=O) groups is 1. The lowest BCUT2D eigenvalue weighted by atomic mass is 10.2. The number of hydrogen-bond donors (Lipinski definition) is 3. The topological polar surface area (TPSA) is 84.2 Å². The molecular weight excluding hydrogens is 318 g/mol. The molecule has 1 fully saturated rings. The number of aromatic amines is 2. The Hall–Kier alpha value is -2.54. The van der Waals surface area contributed by atoms with Crippen LogP contribution in [0.1, 0.15) is 23.8 Å². The number of rotatable bonds is 6. The fraction of sp³-hybridized carbons (Fsp3) is 0.444. The average Bonchev–Trinajstić information content (AvgIpc) is 3.08. The van der Waals surface area contributed by atoms with E-state index in [2.05, 4.69) is 49.4 Å². The molecule has 0 bridgehead atoms. The lowest BCUT2D eigenvalue weighted by Gasteiger charge is -2.36. The molecule has 134 valence electrons. The van der Waals surface area contributed by atoms with E-state index in [9.17, 15) is 9.59 Å². The Morgan fingerprint density at radius 3 is 2.56 bits per heavy atom. The fourth-order valence-corrected chi connectivity index (χ4v) is 3.07. The van der Waals surface area contributed by atoms with Crippen molar-refractivity contribution in [1.29, 1.82) is 0 Å². The summed E-state index contributed by atoms with van der Waals surface area (Å²) in [6.45, 7) is 7.04. The second kappa shape index (κ2) is 8.02. The van der Waals surface area contributed by atoms with Gasteiger partial charge in [0.05, 0.1) is 0 Å². The Balaban J connectivity index is 1.39. The van der Waals surface area contributed by atoms with Crippen molar-refractivity contribution in [2.24, 2.45) is 0 Å². The van der Waals surface area contributed by atoms with Gasteiger partial charge in [-0.25, -0.2) is 4.79 Å². The van der Waals surface area contributed by atoms with E-state index in [0.29, 0.717) is 0 Å². The van der Waals surface area contributed by atoms with Crippen LogP contribution in [0.5, 0.6) is 0 Å². The number of hydrogen-bond acceptors (Lipinski definition) is 4. The highest BCUT2D eigenvalue weighted by Crippen LogP contribution is 2.15. The molecule has 25 heavy (non-hydrogen) atoms. The third-order valence-corrected chi connectivity index (χ3v) is 4.59. The molecular formula is C18H25N5O2. The Morgan fingerprint density at radius 2 is 1.92 bits per heavy atom. The van der Waals surface area contributed by atoms with Gasteiger partial charge in [0.1, 0.15) is 5.69 Å². The van der Waals surface area contributed by atoms with Gasteiger partial charge in [0.15, 0.2) is 0 Å². The van der Waals surface area contributed by atoms with Gasteiger partial charge in [-0.15, -0.1) is 0 Å². The normalized spacial score (nSPS) is 16.6. The Labute approximate surface area is 147 Å². The predicted octanol–water partition coefficient (Wildman–Crippen LogP) is 1.03. The summed E-state index contributed by atoms with van der Waals surface area (Å²) in [5, 5.41) is 2.92. The summed E-state index contributed by atoms with van der Waals surface area (Å²) >= 11 is 0. The van der Waals surface area contributed by atoms with E-state index in [-0.39, 0.29) is 23.3 Å². The van der Waals surface area contributed by atoms with Gasteiger partial charge < -0.3 is 20.2 Å². The largest absolute Gasteiger partial charge is 0.369 e. The zero-order chi connectivity index (χ0) is 17.6. The summed E-state index contributed by atoms with van der Waals surface area (Å²) in [4.78, 5) is 32.8. The number of carbonyl (C=O) groups excluding carboxylic acids is 1. The van der Waals surface area contributed by atoms with Gasteiger partial charge >= 0.3 is 5.69 Å². The molecule has 1 aliphatic rings. The quantitative estimate of drug-likeness (QED) is 0.732. The third-order valence-electron chi connectivity index (χ3n) is 4.59. The Bertz CT molecular complexity index is 731. The molecule has 0 radical (unpaired) electrons. The number of nitrogens with one attached hydrogen (secondary N) is 3. The van der Waals surface area contributed by atoms with Crippen molar-refractivity contribution in [2.45, 2.75) is 19.4 Å². The van der Waals surface area contributed by atoms with Crippen LogP contribution in [0.25, 0.3) is 0 Å². The number of amides is 1. The van der Waals surface area contributed by atoms with Crippen LogP contribution < -0.4 is 15.9 Å². The minimum absolute atomic E-state index is 0.0538. The summed E-state index contributed by atoms with van der Waals surface area (Å²) in [7, 11) is 0. The molecule has 7 nitrogen and oxygen atoms in total. The monoisotopic (exact) mass is 343 g/mol. The standard InChI is InChI=1S/C18H25N5O2/c1-14(20-17(24)16-13-19-18(25)21-16)7-8-22-9-11-23(12-10-22)15-5-3-2-4-6-15/h2-6,13-14H,7-12H2,1H3,(H,20,24)(H2,19,21,25). The maximum Gasteiger partial charge on any atom is 0.323 e. The van der Waals surface area contributed by atoms with Crippen molar-refractivity contribution in [3.63, 3.8) is 0 Å². The smallest absolute Gasteiger partial charge is 0.323 e. The molecule has 3 rings (SSSR count). The maximum absolute atomic E-state index is 12.0. The summed E-state index contributed by atoms with van der Waals surface area (Å²) in [6, 6.07) is 10.5. The zero-order valence-electron chi connectivity index (χ0n) is 14.5. The summed E-state index contributed by atoms with van der Waals surface area (Å²) in [6.07, 6.45) is 2.28. The number of aromatic nitrogens is 2. The van der Waals surface area contributed by atoms with Gasteiger partial charge in [-0.3, -0.25) is 9.69 Å². The zero-order valence-corrected chi connectivity index (χ0v) is 14.5. The van der Waals surface area contributed by atoms with Gasteiger partial charge in [-0.05, 0) is 25.5 Å². The van der Waals surface area contributed by atoms with Gasteiger partial charge in [-0.2, -0.15) is 0 Å². The molecule has 1 aromatic heterocycles. The number of piperazine rings is 1. The number of nitrogens with zero attached hydrogens (tertiary/aromatic N) is 2. The average molecular weight is 343 g/mol. The molecule has 1 atom stereocenters. The van der Waals surface area contributed by atoms with Crippen LogP contribution in [0.2, 0.25) is 0 Å². The van der Waals surface area contributed by atoms with Crippen LogP contribution >= 0.6 is 0 Å². The Morgan fingerprint density at radius 1 is 1.20 bits per heavy atom. The van der Waals surface area contributed by atoms with E-state index in [1.807, 2.05) is 13.0 Å². The van der Waals surface area contributed by atoms with Gasteiger partial charge in [0.25, 0.3) is 5.91 Å². The maximum atomic E-state index is 12.0. The highest BCUT2D eigenvalue weighted by molar-refractivity contribution is 5.92. The first kappa shape index (κ1) is 17.3. The highest BCUT2D eigenvalue weighted by Gasteiger charge is 2.18. The van der Waals surface area contributed by atoms with Crippen LogP contribution in [0.4, 0.5) is 5.69 Å². The highest BCUT2D eigenvalue weighted by atomic mass is 16.2. The summed E-state index contributed by atoms with van der Waals surface area (Å²) in [5.74, 6) is -0.250. The minimum Gasteiger partial charge on any atom is -0.369 e. The van der Waals surface area contributed by atoms with E-state index >= 15 is 0 Å². The second-order valence-corrected chi connectivity index (χ2v) is 6.48. The number of H-pyrrole nitrogens is 2. The van der Waals surface area contributed by atoms with Gasteiger partial charge in [0, 0.05) is 50.6 Å². The molecule has 3 N–H and O–H groups in total. The molecule has 1 saturated heterocycles. The van der Waals surface area contributed by atoms with Crippen LogP contribution in [0.3, 0.4) is 0 Å². The number of anilines is 1. The number of benzene rings is 1. The van der Waals surface area contributed by atoms with Crippen LogP contribution in [0, 0.1) is 0 Å². The van der Waals surface area contributed by atoms with E-state index in [1.165, 1.54) is 11.9 Å². The van der Waals surface area contributed by atoms with Crippen molar-refractivity contribution in [3.05, 3.63) is 52.7 Å². The SMILES string of the molecule is CC(CCN1CCN(c2ccccc2)CC1)NC(=O)c1c[nH]c(=O)[nH]1. The van der Waals surface area contributed by atoms with Gasteiger partial charge in [-0.1, -0.05) is 18.2 Å². The third kappa shape index (κ3) is 4.73. The molecule has 1 aliphatic heterocycles. The van der Waals surface area contributed by atoms with E-state index < -0.39 is 0 Å². The molecule has 7 heteroatoms. The molecule has 1 amide bonds. The van der Waals surface area contributed by atoms with Crippen molar-refractivity contribution in [1.82, 2.24) is 20.2 Å². The fourth-order valence-electron chi connectivity index (χ4n) is 3.07. The Kier molecular flexibility index (Phi) is 5.55. The lowest BCUT2D eigenvalue weighted by molar-refractivity contribution is 0.0930. The first-order valence-corrected chi connectivity index (χ1v) is 8.73.